The molecule has 0 radical (unpaired) electrons. The second kappa shape index (κ2) is 6.10. The number of methoxy groups -OCH3 is 1. The van der Waals surface area contributed by atoms with E-state index < -0.39 is 0 Å². The van der Waals surface area contributed by atoms with E-state index in [1.807, 2.05) is 12.3 Å². The molecule has 0 spiro atoms. The van der Waals surface area contributed by atoms with Crippen LogP contribution < -0.4 is 10.1 Å². The summed E-state index contributed by atoms with van der Waals surface area (Å²) in [4.78, 5) is 7.13. The van der Waals surface area contributed by atoms with Crippen molar-refractivity contribution < 1.29 is 4.74 Å². The third-order valence-corrected chi connectivity index (χ3v) is 4.59. The lowest BCUT2D eigenvalue weighted by Gasteiger charge is -2.42. The molecule has 1 aliphatic carbocycles. The molecule has 1 saturated heterocycles. The molecule has 1 saturated carbocycles. The number of rotatable bonds is 5. The Labute approximate surface area is 121 Å². The van der Waals surface area contributed by atoms with E-state index in [0.29, 0.717) is 17.8 Å². The van der Waals surface area contributed by atoms with E-state index in [4.69, 9.17) is 4.74 Å². The predicted octanol–water partition coefficient (Wildman–Crippen LogP) is 2.23. The Morgan fingerprint density at radius 1 is 1.35 bits per heavy atom. The molecule has 20 heavy (non-hydrogen) atoms. The number of hydrogen-bond acceptors (Lipinski definition) is 4. The zero-order chi connectivity index (χ0) is 13.9. The van der Waals surface area contributed by atoms with Crippen LogP contribution in [0, 0.1) is 5.92 Å². The average Bonchev–Trinajstić information content (AvgIpc) is 3.32. The lowest BCUT2D eigenvalue weighted by molar-refractivity contribution is 0.0842. The fraction of sp³-hybridized carbons (Fsp3) is 0.688. The van der Waals surface area contributed by atoms with Gasteiger partial charge in [-0.25, -0.2) is 4.98 Å². The Bertz CT molecular complexity index is 428. The van der Waals surface area contributed by atoms with Crippen molar-refractivity contribution in [3.8, 4) is 5.88 Å². The predicted molar refractivity (Wildman–Crippen MR) is 79.9 cm³/mol. The summed E-state index contributed by atoms with van der Waals surface area (Å²) in [5.41, 5.74) is 1.35. The van der Waals surface area contributed by atoms with Crippen molar-refractivity contribution in [3.63, 3.8) is 0 Å². The zero-order valence-electron chi connectivity index (χ0n) is 12.5. The molecule has 2 aliphatic rings. The first kappa shape index (κ1) is 13.8. The minimum atomic E-state index is 0.516. The van der Waals surface area contributed by atoms with E-state index in [-0.39, 0.29) is 0 Å². The molecule has 110 valence electrons. The number of pyridine rings is 1. The Morgan fingerprint density at radius 2 is 2.20 bits per heavy atom. The van der Waals surface area contributed by atoms with Crippen molar-refractivity contribution in [2.45, 2.75) is 37.8 Å². The molecule has 1 aliphatic heterocycles. The number of aromatic nitrogens is 1. The number of likely N-dealkylation sites (tertiary alicyclic amines) is 1. The highest BCUT2D eigenvalue weighted by atomic mass is 16.5. The molecule has 0 bridgehead atoms. The maximum atomic E-state index is 5.18. The zero-order valence-corrected chi connectivity index (χ0v) is 12.5. The van der Waals surface area contributed by atoms with E-state index in [9.17, 15) is 0 Å². The van der Waals surface area contributed by atoms with E-state index in [1.54, 1.807) is 7.11 Å². The van der Waals surface area contributed by atoms with Crippen molar-refractivity contribution >= 4 is 0 Å². The van der Waals surface area contributed by atoms with Crippen LogP contribution in [0.5, 0.6) is 5.88 Å². The van der Waals surface area contributed by atoms with Gasteiger partial charge in [-0.15, -0.1) is 0 Å². The van der Waals surface area contributed by atoms with Gasteiger partial charge in [0.2, 0.25) is 5.88 Å². The quantitative estimate of drug-likeness (QED) is 0.894. The van der Waals surface area contributed by atoms with Crippen molar-refractivity contribution in [1.82, 2.24) is 15.2 Å². The van der Waals surface area contributed by atoms with Crippen LogP contribution in [0.1, 0.15) is 37.3 Å². The van der Waals surface area contributed by atoms with Crippen LogP contribution in [0.2, 0.25) is 0 Å². The molecular formula is C16H25N3O. The molecule has 2 atom stereocenters. The van der Waals surface area contributed by atoms with Gasteiger partial charge < -0.3 is 10.1 Å². The lowest BCUT2D eigenvalue weighted by Crippen LogP contribution is -2.43. The van der Waals surface area contributed by atoms with Gasteiger partial charge in [0.25, 0.3) is 0 Å². The highest BCUT2D eigenvalue weighted by Crippen LogP contribution is 2.42. The first-order chi connectivity index (χ1) is 9.83. The van der Waals surface area contributed by atoms with E-state index in [0.717, 1.165) is 12.6 Å². The van der Waals surface area contributed by atoms with Gasteiger partial charge in [0.15, 0.2) is 0 Å². The number of nitrogens with one attached hydrogen (secondary N) is 1. The number of piperidine rings is 1. The van der Waals surface area contributed by atoms with Crippen LogP contribution in [0.4, 0.5) is 0 Å². The standard InChI is InChI=1S/C16H25N3O/c1-17-10-12-4-3-9-19(14-6-7-14)16(12)13-5-8-15(20-2)18-11-13/h5,8,11-12,14,16-17H,3-4,6-7,9-10H2,1-2H3. The molecule has 3 rings (SSSR count). The van der Waals surface area contributed by atoms with Crippen LogP contribution in [-0.2, 0) is 0 Å². The van der Waals surface area contributed by atoms with Crippen LogP contribution in [0.25, 0.3) is 0 Å². The summed E-state index contributed by atoms with van der Waals surface area (Å²) in [6, 6.07) is 5.51. The van der Waals surface area contributed by atoms with Gasteiger partial charge >= 0.3 is 0 Å². The van der Waals surface area contributed by atoms with Gasteiger partial charge in [0, 0.05) is 24.3 Å². The van der Waals surface area contributed by atoms with E-state index >= 15 is 0 Å². The van der Waals surface area contributed by atoms with E-state index in [1.165, 1.54) is 37.8 Å². The summed E-state index contributed by atoms with van der Waals surface area (Å²) in [7, 11) is 3.72. The highest BCUT2D eigenvalue weighted by molar-refractivity contribution is 5.23. The molecule has 2 unspecified atom stereocenters. The summed E-state index contributed by atoms with van der Waals surface area (Å²) >= 11 is 0. The summed E-state index contributed by atoms with van der Waals surface area (Å²) in [5.74, 6) is 1.39. The van der Waals surface area contributed by atoms with E-state index in [2.05, 4.69) is 28.3 Å². The molecule has 2 fully saturated rings. The largest absolute Gasteiger partial charge is 0.481 e. The van der Waals surface area contributed by atoms with Crippen molar-refractivity contribution in [1.29, 1.82) is 0 Å². The van der Waals surface area contributed by atoms with Crippen LogP contribution in [0.3, 0.4) is 0 Å². The summed E-state index contributed by atoms with van der Waals surface area (Å²) in [6.07, 6.45) is 7.37. The van der Waals surface area contributed by atoms with Gasteiger partial charge in [-0.2, -0.15) is 0 Å². The first-order valence-corrected chi connectivity index (χ1v) is 7.73. The highest BCUT2D eigenvalue weighted by Gasteiger charge is 2.40. The Kier molecular flexibility index (Phi) is 4.22. The molecular weight excluding hydrogens is 250 g/mol. The van der Waals surface area contributed by atoms with Gasteiger partial charge in [-0.05, 0) is 57.3 Å². The van der Waals surface area contributed by atoms with Gasteiger partial charge in [-0.3, -0.25) is 4.90 Å². The molecule has 2 heterocycles. The maximum absolute atomic E-state index is 5.18. The lowest BCUT2D eigenvalue weighted by atomic mass is 9.85. The Hall–Kier alpha value is -1.13. The Balaban J connectivity index is 1.85. The monoisotopic (exact) mass is 275 g/mol. The molecule has 0 aromatic carbocycles. The second-order valence-electron chi connectivity index (χ2n) is 6.01. The van der Waals surface area contributed by atoms with Gasteiger partial charge in [0.1, 0.15) is 0 Å². The minimum Gasteiger partial charge on any atom is -0.481 e. The fourth-order valence-corrected chi connectivity index (χ4v) is 3.55. The summed E-state index contributed by atoms with van der Waals surface area (Å²) in [6.45, 7) is 2.32. The SMILES string of the molecule is CNCC1CCCN(C2CC2)C1c1ccc(OC)nc1. The Morgan fingerprint density at radius 3 is 2.80 bits per heavy atom. The molecule has 4 nitrogen and oxygen atoms in total. The van der Waals surface area contributed by atoms with Crippen molar-refractivity contribution in [2.75, 3.05) is 27.2 Å². The number of ether oxygens (including phenoxy) is 1. The molecule has 1 aromatic rings. The fourth-order valence-electron chi connectivity index (χ4n) is 3.55. The molecule has 1 N–H and O–H groups in total. The van der Waals surface area contributed by atoms with Gasteiger partial charge in [-0.1, -0.05) is 6.07 Å². The van der Waals surface area contributed by atoms with Crippen LogP contribution >= 0.6 is 0 Å². The third kappa shape index (κ3) is 2.81. The number of hydrogen-bond donors (Lipinski definition) is 1. The third-order valence-electron chi connectivity index (χ3n) is 4.59. The van der Waals surface area contributed by atoms with Crippen LogP contribution in [-0.4, -0.2) is 43.2 Å². The normalized spacial score (nSPS) is 27.5. The van der Waals surface area contributed by atoms with Crippen molar-refractivity contribution in [2.24, 2.45) is 5.92 Å². The molecule has 1 aromatic heterocycles. The summed E-state index contributed by atoms with van der Waals surface area (Å²) in [5, 5.41) is 3.37. The van der Waals surface area contributed by atoms with Gasteiger partial charge in [0.05, 0.1) is 7.11 Å². The minimum absolute atomic E-state index is 0.516. The molecule has 0 amide bonds. The summed E-state index contributed by atoms with van der Waals surface area (Å²) < 4.78 is 5.18. The van der Waals surface area contributed by atoms with Crippen LogP contribution in [0.15, 0.2) is 18.3 Å². The number of nitrogens with zero attached hydrogens (tertiary/aromatic N) is 2. The molecule has 4 heteroatoms. The topological polar surface area (TPSA) is 37.4 Å². The van der Waals surface area contributed by atoms with Crippen molar-refractivity contribution in [3.05, 3.63) is 23.9 Å². The smallest absolute Gasteiger partial charge is 0.212 e. The second-order valence-corrected chi connectivity index (χ2v) is 6.01. The maximum Gasteiger partial charge on any atom is 0.212 e. The average molecular weight is 275 g/mol. The first-order valence-electron chi connectivity index (χ1n) is 7.73.